The Morgan fingerprint density at radius 1 is 1.41 bits per heavy atom. The molecule has 0 aliphatic heterocycles. The van der Waals surface area contributed by atoms with Crippen LogP contribution >= 0.6 is 0 Å². The zero-order valence-electron chi connectivity index (χ0n) is 10.9. The molecule has 0 unspecified atom stereocenters. The number of rotatable bonds is 8. The van der Waals surface area contributed by atoms with Crippen LogP contribution in [0.4, 0.5) is 0 Å². The van der Waals surface area contributed by atoms with Gasteiger partial charge in [0.25, 0.3) is 0 Å². The Bertz CT molecular complexity index is 321. The molecule has 0 saturated heterocycles. The number of nitrogens with zero attached hydrogens (tertiary/aromatic N) is 2. The van der Waals surface area contributed by atoms with E-state index in [4.69, 9.17) is 0 Å². The van der Waals surface area contributed by atoms with Gasteiger partial charge in [-0.25, -0.2) is 0 Å². The van der Waals surface area contributed by atoms with Gasteiger partial charge >= 0.3 is 0 Å². The molecule has 0 fully saturated rings. The molecule has 1 N–H and O–H groups in total. The maximum atomic E-state index is 4.35. The van der Waals surface area contributed by atoms with Crippen LogP contribution in [0.1, 0.15) is 19.5 Å². The van der Waals surface area contributed by atoms with E-state index in [1.54, 1.807) is 0 Å². The molecule has 0 aromatic carbocycles. The lowest BCUT2D eigenvalue weighted by atomic mass is 10.2. The first-order valence-electron chi connectivity index (χ1n) is 6.25. The molecular weight excluding hydrogens is 210 g/mol. The molecule has 1 heterocycles. The van der Waals surface area contributed by atoms with Crippen molar-refractivity contribution in [1.29, 1.82) is 0 Å². The van der Waals surface area contributed by atoms with Crippen molar-refractivity contribution in [2.24, 2.45) is 0 Å². The first-order valence-corrected chi connectivity index (χ1v) is 6.25. The number of nitrogens with one attached hydrogen (secondary N) is 1. The Kier molecular flexibility index (Phi) is 6.51. The van der Waals surface area contributed by atoms with Crippen LogP contribution in [0.5, 0.6) is 0 Å². The molecule has 94 valence electrons. The van der Waals surface area contributed by atoms with Gasteiger partial charge in [0, 0.05) is 25.8 Å². The summed E-state index contributed by atoms with van der Waals surface area (Å²) in [7, 11) is 0. The van der Waals surface area contributed by atoms with Crippen molar-refractivity contribution in [3.63, 3.8) is 0 Å². The third kappa shape index (κ3) is 5.61. The van der Waals surface area contributed by atoms with Gasteiger partial charge in [-0.15, -0.1) is 0 Å². The predicted octanol–water partition coefficient (Wildman–Crippen LogP) is 2.07. The van der Waals surface area contributed by atoms with Crippen molar-refractivity contribution < 1.29 is 0 Å². The minimum atomic E-state index is 0.891. The summed E-state index contributed by atoms with van der Waals surface area (Å²) in [5.41, 5.74) is 2.34. The first kappa shape index (κ1) is 13.9. The summed E-state index contributed by atoms with van der Waals surface area (Å²) >= 11 is 0. The minimum Gasteiger partial charge on any atom is -0.313 e. The van der Waals surface area contributed by atoms with Crippen molar-refractivity contribution in [3.8, 4) is 0 Å². The highest BCUT2D eigenvalue weighted by atomic mass is 15.1. The molecular formula is C14H23N3. The van der Waals surface area contributed by atoms with Crippen LogP contribution in [-0.4, -0.2) is 36.1 Å². The molecule has 1 rings (SSSR count). The fourth-order valence-corrected chi connectivity index (χ4v) is 1.67. The Labute approximate surface area is 105 Å². The predicted molar refractivity (Wildman–Crippen MR) is 72.9 cm³/mol. The van der Waals surface area contributed by atoms with Crippen molar-refractivity contribution >= 4 is 0 Å². The van der Waals surface area contributed by atoms with E-state index in [0.29, 0.717) is 0 Å². The van der Waals surface area contributed by atoms with Crippen LogP contribution in [0, 0.1) is 0 Å². The van der Waals surface area contributed by atoms with Gasteiger partial charge in [0.15, 0.2) is 0 Å². The van der Waals surface area contributed by atoms with Crippen LogP contribution in [0.25, 0.3) is 0 Å². The highest BCUT2D eigenvalue weighted by Gasteiger charge is 2.05. The molecule has 0 amide bonds. The summed E-state index contributed by atoms with van der Waals surface area (Å²) in [6.07, 6.45) is 1.84. The molecule has 17 heavy (non-hydrogen) atoms. The fourth-order valence-electron chi connectivity index (χ4n) is 1.67. The van der Waals surface area contributed by atoms with E-state index >= 15 is 0 Å². The van der Waals surface area contributed by atoms with E-state index in [1.165, 1.54) is 5.57 Å². The smallest absolute Gasteiger partial charge is 0.0544 e. The summed E-state index contributed by atoms with van der Waals surface area (Å²) in [4.78, 5) is 6.70. The molecule has 0 aliphatic rings. The highest BCUT2D eigenvalue weighted by molar-refractivity contribution is 5.05. The van der Waals surface area contributed by atoms with Gasteiger partial charge in [-0.05, 0) is 30.8 Å². The summed E-state index contributed by atoms with van der Waals surface area (Å²) in [5.74, 6) is 0. The summed E-state index contributed by atoms with van der Waals surface area (Å²) in [5, 5.41) is 3.30. The number of aromatic nitrogens is 1. The highest BCUT2D eigenvalue weighted by Crippen LogP contribution is 2.03. The Morgan fingerprint density at radius 3 is 2.82 bits per heavy atom. The zero-order chi connectivity index (χ0) is 12.5. The fraction of sp³-hybridized carbons (Fsp3) is 0.500. The van der Waals surface area contributed by atoms with Gasteiger partial charge in [0.05, 0.1) is 5.69 Å². The van der Waals surface area contributed by atoms with Gasteiger partial charge in [-0.3, -0.25) is 9.88 Å². The van der Waals surface area contributed by atoms with Gasteiger partial charge in [-0.1, -0.05) is 26.5 Å². The van der Waals surface area contributed by atoms with E-state index in [0.717, 1.165) is 38.4 Å². The van der Waals surface area contributed by atoms with Crippen LogP contribution < -0.4 is 5.32 Å². The number of hydrogen-bond acceptors (Lipinski definition) is 3. The quantitative estimate of drug-likeness (QED) is 0.697. The normalized spacial score (nSPS) is 10.8. The SMILES string of the molecule is C=C(CNCC)CN(CC)Cc1ccccn1. The van der Waals surface area contributed by atoms with E-state index in [-0.39, 0.29) is 0 Å². The van der Waals surface area contributed by atoms with Crippen molar-refractivity contribution in [2.45, 2.75) is 20.4 Å². The van der Waals surface area contributed by atoms with E-state index < -0.39 is 0 Å². The molecule has 1 aromatic heterocycles. The summed E-state index contributed by atoms with van der Waals surface area (Å²) in [6, 6.07) is 6.04. The molecule has 0 bridgehead atoms. The van der Waals surface area contributed by atoms with Gasteiger partial charge < -0.3 is 5.32 Å². The van der Waals surface area contributed by atoms with E-state index in [1.807, 2.05) is 18.3 Å². The first-order chi connectivity index (χ1) is 8.26. The molecule has 3 nitrogen and oxygen atoms in total. The van der Waals surface area contributed by atoms with Crippen molar-refractivity contribution in [1.82, 2.24) is 15.2 Å². The average molecular weight is 233 g/mol. The standard InChI is InChI=1S/C14H23N3/c1-4-15-10-13(3)11-17(5-2)12-14-8-6-7-9-16-14/h6-9,15H,3-5,10-12H2,1-2H3. The third-order valence-corrected chi connectivity index (χ3v) is 2.63. The van der Waals surface area contributed by atoms with Gasteiger partial charge in [-0.2, -0.15) is 0 Å². The molecule has 1 aromatic rings. The molecule has 3 heteroatoms. The number of likely N-dealkylation sites (N-methyl/N-ethyl adjacent to an activating group) is 2. The minimum absolute atomic E-state index is 0.891. The topological polar surface area (TPSA) is 28.2 Å². The summed E-state index contributed by atoms with van der Waals surface area (Å²) < 4.78 is 0. The second-order valence-electron chi connectivity index (χ2n) is 4.15. The van der Waals surface area contributed by atoms with Crippen LogP contribution in [0.15, 0.2) is 36.5 Å². The molecule has 0 atom stereocenters. The van der Waals surface area contributed by atoms with E-state index in [9.17, 15) is 0 Å². The lowest BCUT2D eigenvalue weighted by Crippen LogP contribution is -2.29. The van der Waals surface area contributed by atoms with Gasteiger partial charge in [0.1, 0.15) is 0 Å². The van der Waals surface area contributed by atoms with E-state index in [2.05, 4.69) is 41.7 Å². The maximum absolute atomic E-state index is 4.35. The molecule has 0 aliphatic carbocycles. The second-order valence-corrected chi connectivity index (χ2v) is 4.15. The van der Waals surface area contributed by atoms with Crippen LogP contribution in [0.2, 0.25) is 0 Å². The molecule has 0 spiro atoms. The lowest BCUT2D eigenvalue weighted by Gasteiger charge is -2.21. The number of hydrogen-bond donors (Lipinski definition) is 1. The Hall–Kier alpha value is -1.19. The second kappa shape index (κ2) is 7.98. The largest absolute Gasteiger partial charge is 0.313 e. The maximum Gasteiger partial charge on any atom is 0.0544 e. The summed E-state index contributed by atoms with van der Waals surface area (Å²) in [6.45, 7) is 13.1. The third-order valence-electron chi connectivity index (χ3n) is 2.63. The Morgan fingerprint density at radius 2 is 2.24 bits per heavy atom. The van der Waals surface area contributed by atoms with Crippen LogP contribution in [0.3, 0.4) is 0 Å². The average Bonchev–Trinajstić information content (AvgIpc) is 2.36. The monoisotopic (exact) mass is 233 g/mol. The molecule has 0 saturated carbocycles. The number of pyridine rings is 1. The zero-order valence-corrected chi connectivity index (χ0v) is 10.9. The van der Waals surface area contributed by atoms with Crippen molar-refractivity contribution in [3.05, 3.63) is 42.2 Å². The molecule has 0 radical (unpaired) electrons. The van der Waals surface area contributed by atoms with Crippen molar-refractivity contribution in [2.75, 3.05) is 26.2 Å². The van der Waals surface area contributed by atoms with Gasteiger partial charge in [0.2, 0.25) is 0 Å². The lowest BCUT2D eigenvalue weighted by molar-refractivity contribution is 0.298. The van der Waals surface area contributed by atoms with Crippen LogP contribution in [-0.2, 0) is 6.54 Å². The Balaban J connectivity index is 2.41.